The Balaban J connectivity index is 1.64. The molecule has 0 N–H and O–H groups in total. The number of hydrogen-bond acceptors (Lipinski definition) is 3. The van der Waals surface area contributed by atoms with Crippen LogP contribution in [0.3, 0.4) is 0 Å². The summed E-state index contributed by atoms with van der Waals surface area (Å²) in [4.78, 5) is 8.27. The van der Waals surface area contributed by atoms with E-state index in [2.05, 4.69) is 25.9 Å². The molecule has 1 saturated carbocycles. The topological polar surface area (TPSA) is 35.0 Å². The highest BCUT2D eigenvalue weighted by atomic mass is 79.9. The molecule has 3 nitrogen and oxygen atoms in total. The minimum Gasteiger partial charge on any atom is -0.471 e. The molecule has 0 bridgehead atoms. The van der Waals surface area contributed by atoms with Crippen molar-refractivity contribution in [1.29, 1.82) is 0 Å². The maximum atomic E-state index is 13.5. The third-order valence-corrected chi connectivity index (χ3v) is 3.43. The fraction of sp³-hybridized carbons (Fsp3) is 0.286. The Hall–Kier alpha value is -1.49. The van der Waals surface area contributed by atoms with Crippen molar-refractivity contribution in [3.8, 4) is 5.88 Å². The Morgan fingerprint density at radius 1 is 1.26 bits per heavy atom. The van der Waals surface area contributed by atoms with E-state index in [9.17, 15) is 4.39 Å². The van der Waals surface area contributed by atoms with Crippen LogP contribution in [0.15, 0.2) is 35.1 Å². The molecule has 5 heteroatoms. The van der Waals surface area contributed by atoms with Gasteiger partial charge < -0.3 is 4.74 Å². The highest BCUT2D eigenvalue weighted by Gasteiger charge is 2.24. The summed E-state index contributed by atoms with van der Waals surface area (Å²) in [6.07, 6.45) is 5.75. The largest absolute Gasteiger partial charge is 0.471 e. The maximum Gasteiger partial charge on any atom is 0.250 e. The summed E-state index contributed by atoms with van der Waals surface area (Å²) in [7, 11) is 0. The van der Waals surface area contributed by atoms with E-state index in [-0.39, 0.29) is 12.5 Å². The first-order valence-corrected chi connectivity index (χ1v) is 6.90. The summed E-state index contributed by atoms with van der Waals surface area (Å²) in [6.45, 7) is 0.267. The minimum atomic E-state index is -0.475. The van der Waals surface area contributed by atoms with E-state index in [1.54, 1.807) is 6.20 Å². The molecule has 0 atom stereocenters. The summed E-state index contributed by atoms with van der Waals surface area (Å²) in [6, 6.07) is 5.32. The van der Waals surface area contributed by atoms with Crippen molar-refractivity contribution >= 4 is 15.9 Å². The van der Waals surface area contributed by atoms with E-state index < -0.39 is 5.82 Å². The summed E-state index contributed by atoms with van der Waals surface area (Å²) in [5, 5.41) is 0. The van der Waals surface area contributed by atoms with Gasteiger partial charge in [0.1, 0.15) is 6.61 Å². The summed E-state index contributed by atoms with van der Waals surface area (Å²) in [5.41, 5.74) is 2.05. The Morgan fingerprint density at radius 3 is 2.74 bits per heavy atom. The fourth-order valence-corrected chi connectivity index (χ4v) is 2.11. The van der Waals surface area contributed by atoms with E-state index in [1.165, 1.54) is 25.1 Å². The highest BCUT2D eigenvalue weighted by molar-refractivity contribution is 9.10. The lowest BCUT2D eigenvalue weighted by Gasteiger charge is -2.06. The molecule has 2 aromatic rings. The molecule has 98 valence electrons. The van der Waals surface area contributed by atoms with Gasteiger partial charge in [0.2, 0.25) is 0 Å². The van der Waals surface area contributed by atoms with E-state index in [0.717, 1.165) is 11.3 Å². The van der Waals surface area contributed by atoms with Crippen LogP contribution in [-0.2, 0) is 6.61 Å². The van der Waals surface area contributed by atoms with Gasteiger partial charge in [-0.1, -0.05) is 6.07 Å². The summed E-state index contributed by atoms with van der Waals surface area (Å²) >= 11 is 3.15. The lowest BCUT2D eigenvalue weighted by atomic mass is 10.2. The first-order valence-electron chi connectivity index (χ1n) is 6.11. The molecule has 0 spiro atoms. The lowest BCUT2D eigenvalue weighted by molar-refractivity contribution is 0.276. The van der Waals surface area contributed by atoms with Crippen molar-refractivity contribution in [3.63, 3.8) is 0 Å². The monoisotopic (exact) mass is 322 g/mol. The molecule has 2 heterocycles. The van der Waals surface area contributed by atoms with Gasteiger partial charge in [-0.25, -0.2) is 9.37 Å². The van der Waals surface area contributed by atoms with E-state index in [1.807, 2.05) is 12.1 Å². The van der Waals surface area contributed by atoms with E-state index in [0.29, 0.717) is 10.4 Å². The molecule has 1 aliphatic carbocycles. The van der Waals surface area contributed by atoms with Gasteiger partial charge >= 0.3 is 0 Å². The van der Waals surface area contributed by atoms with Crippen LogP contribution in [0.25, 0.3) is 0 Å². The average molecular weight is 323 g/mol. The Morgan fingerprint density at radius 2 is 2.11 bits per heavy atom. The smallest absolute Gasteiger partial charge is 0.250 e. The molecular formula is C14H12BrFN2O. The first-order chi connectivity index (χ1) is 9.22. The zero-order valence-corrected chi connectivity index (χ0v) is 11.7. The summed E-state index contributed by atoms with van der Waals surface area (Å²) in [5.74, 6) is 0.173. The van der Waals surface area contributed by atoms with Crippen LogP contribution in [0.4, 0.5) is 4.39 Å². The number of aromatic nitrogens is 2. The van der Waals surface area contributed by atoms with Crippen molar-refractivity contribution in [2.75, 3.05) is 0 Å². The SMILES string of the molecule is Fc1cc(Br)cnc1OCc1ccc(C2CC2)nc1. The van der Waals surface area contributed by atoms with Crippen molar-refractivity contribution in [3.05, 3.63) is 52.1 Å². The third-order valence-electron chi connectivity index (χ3n) is 2.99. The van der Waals surface area contributed by atoms with Crippen molar-refractivity contribution in [2.45, 2.75) is 25.4 Å². The van der Waals surface area contributed by atoms with Gasteiger partial charge in [0.25, 0.3) is 5.88 Å². The zero-order chi connectivity index (χ0) is 13.2. The molecule has 3 rings (SSSR count). The number of nitrogens with zero attached hydrogens (tertiary/aromatic N) is 2. The van der Waals surface area contributed by atoms with Gasteiger partial charge in [-0.3, -0.25) is 4.98 Å². The van der Waals surface area contributed by atoms with Crippen molar-refractivity contribution in [2.24, 2.45) is 0 Å². The summed E-state index contributed by atoms with van der Waals surface area (Å²) < 4.78 is 19.4. The van der Waals surface area contributed by atoms with Gasteiger partial charge in [0, 0.05) is 34.0 Å². The van der Waals surface area contributed by atoms with Crippen LogP contribution in [-0.4, -0.2) is 9.97 Å². The van der Waals surface area contributed by atoms with E-state index >= 15 is 0 Å². The van der Waals surface area contributed by atoms with Gasteiger partial charge in [0.05, 0.1) is 0 Å². The predicted molar refractivity (Wildman–Crippen MR) is 72.4 cm³/mol. The maximum absolute atomic E-state index is 13.5. The normalized spacial score (nSPS) is 14.4. The number of pyridine rings is 2. The highest BCUT2D eigenvalue weighted by Crippen LogP contribution is 2.38. The minimum absolute atomic E-state index is 0.00877. The average Bonchev–Trinajstić information content (AvgIpc) is 3.23. The standard InChI is InChI=1S/C14H12BrFN2O/c15-11-5-12(16)14(18-7-11)19-8-9-1-4-13(17-6-9)10-2-3-10/h1,4-7,10H,2-3,8H2. The molecule has 0 aromatic carbocycles. The number of ether oxygens (including phenoxy) is 1. The molecule has 0 unspecified atom stereocenters. The lowest BCUT2D eigenvalue weighted by Crippen LogP contribution is -2.00. The number of halogens is 2. The quantitative estimate of drug-likeness (QED) is 0.858. The predicted octanol–water partition coefficient (Wildman–Crippen LogP) is 3.83. The van der Waals surface area contributed by atoms with Crippen LogP contribution in [0.5, 0.6) is 5.88 Å². The number of rotatable bonds is 4. The molecule has 0 aliphatic heterocycles. The van der Waals surface area contributed by atoms with Crippen molar-refractivity contribution < 1.29 is 9.13 Å². The second kappa shape index (κ2) is 5.25. The number of hydrogen-bond donors (Lipinski definition) is 0. The van der Waals surface area contributed by atoms with Crippen LogP contribution in [0.2, 0.25) is 0 Å². The Labute approximate surface area is 119 Å². The molecule has 1 fully saturated rings. The zero-order valence-electron chi connectivity index (χ0n) is 10.1. The third kappa shape index (κ3) is 3.10. The van der Waals surface area contributed by atoms with Crippen LogP contribution in [0.1, 0.15) is 30.0 Å². The molecule has 0 radical (unpaired) electrons. The fourth-order valence-electron chi connectivity index (χ4n) is 1.80. The molecule has 19 heavy (non-hydrogen) atoms. The second-order valence-corrected chi connectivity index (χ2v) is 5.51. The van der Waals surface area contributed by atoms with E-state index in [4.69, 9.17) is 4.74 Å². The molecule has 0 amide bonds. The molecular weight excluding hydrogens is 311 g/mol. The van der Waals surface area contributed by atoms with Crippen LogP contribution < -0.4 is 4.74 Å². The van der Waals surface area contributed by atoms with Gasteiger partial charge in [0.15, 0.2) is 5.82 Å². The van der Waals surface area contributed by atoms with Crippen LogP contribution >= 0.6 is 15.9 Å². The molecule has 1 aliphatic rings. The van der Waals surface area contributed by atoms with Gasteiger partial charge in [-0.05, 0) is 40.9 Å². The first kappa shape index (κ1) is 12.5. The van der Waals surface area contributed by atoms with Gasteiger partial charge in [-0.15, -0.1) is 0 Å². The second-order valence-electron chi connectivity index (χ2n) is 4.59. The Kier molecular flexibility index (Phi) is 3.46. The van der Waals surface area contributed by atoms with Crippen LogP contribution in [0, 0.1) is 5.82 Å². The molecule has 2 aromatic heterocycles. The Bertz CT molecular complexity index is 584. The molecule has 0 saturated heterocycles. The van der Waals surface area contributed by atoms with Gasteiger partial charge in [-0.2, -0.15) is 0 Å². The van der Waals surface area contributed by atoms with Crippen molar-refractivity contribution in [1.82, 2.24) is 9.97 Å².